The minimum absolute atomic E-state index is 0.0543. The molecule has 0 saturated carbocycles. The summed E-state index contributed by atoms with van der Waals surface area (Å²) >= 11 is 0. The number of rotatable bonds is 2. The van der Waals surface area contributed by atoms with Crippen molar-refractivity contribution in [2.24, 2.45) is 0 Å². The van der Waals surface area contributed by atoms with Crippen LogP contribution in [0, 0.1) is 0 Å². The number of nitrogens with zero attached hydrogens (tertiary/aromatic N) is 3. The van der Waals surface area contributed by atoms with Gasteiger partial charge in [-0.15, -0.1) is 0 Å². The zero-order chi connectivity index (χ0) is 25.4. The van der Waals surface area contributed by atoms with Crippen LogP contribution in [0.15, 0.2) is 115 Å². The SMILES string of the molecule is CC1(C)c2ccccc2-c2c1ccc1c2c2ccccc2n1-c1nc2ccccc2nc1-c1ccccc1. The van der Waals surface area contributed by atoms with E-state index in [2.05, 4.69) is 103 Å². The van der Waals surface area contributed by atoms with Crippen molar-refractivity contribution in [2.75, 3.05) is 0 Å². The van der Waals surface area contributed by atoms with Crippen molar-refractivity contribution in [3.8, 4) is 28.2 Å². The molecule has 0 atom stereocenters. The Bertz CT molecular complexity index is 2050. The number of fused-ring (bicyclic) bond motifs is 8. The maximum absolute atomic E-state index is 5.26. The number of hydrogen-bond acceptors (Lipinski definition) is 2. The second kappa shape index (κ2) is 7.62. The van der Waals surface area contributed by atoms with Gasteiger partial charge in [0.2, 0.25) is 0 Å². The molecule has 5 aromatic carbocycles. The van der Waals surface area contributed by atoms with Gasteiger partial charge >= 0.3 is 0 Å². The minimum Gasteiger partial charge on any atom is -0.292 e. The van der Waals surface area contributed by atoms with Crippen LogP contribution < -0.4 is 0 Å². The average molecular weight is 488 g/mol. The van der Waals surface area contributed by atoms with E-state index in [9.17, 15) is 0 Å². The van der Waals surface area contributed by atoms with E-state index >= 15 is 0 Å². The van der Waals surface area contributed by atoms with Crippen LogP contribution in [-0.2, 0) is 5.41 Å². The smallest absolute Gasteiger partial charge is 0.165 e. The van der Waals surface area contributed by atoms with Gasteiger partial charge in [-0.25, -0.2) is 9.97 Å². The molecule has 0 unspecified atom stereocenters. The molecule has 0 saturated heterocycles. The zero-order valence-electron chi connectivity index (χ0n) is 21.3. The quantitative estimate of drug-likeness (QED) is 0.244. The van der Waals surface area contributed by atoms with E-state index in [1.807, 2.05) is 30.3 Å². The van der Waals surface area contributed by atoms with Crippen LogP contribution in [0.3, 0.4) is 0 Å². The maximum atomic E-state index is 5.26. The van der Waals surface area contributed by atoms with E-state index < -0.39 is 0 Å². The molecule has 2 heterocycles. The van der Waals surface area contributed by atoms with Crippen LogP contribution in [0.1, 0.15) is 25.0 Å². The van der Waals surface area contributed by atoms with Gasteiger partial charge in [0.05, 0.1) is 22.1 Å². The zero-order valence-corrected chi connectivity index (χ0v) is 21.3. The number of aromatic nitrogens is 3. The highest BCUT2D eigenvalue weighted by Gasteiger charge is 2.37. The summed E-state index contributed by atoms with van der Waals surface area (Å²) in [4.78, 5) is 10.4. The van der Waals surface area contributed by atoms with Crippen molar-refractivity contribution in [1.82, 2.24) is 14.5 Å². The average Bonchev–Trinajstić information content (AvgIpc) is 3.42. The summed E-state index contributed by atoms with van der Waals surface area (Å²) in [7, 11) is 0. The first kappa shape index (κ1) is 21.3. The lowest BCUT2D eigenvalue weighted by Gasteiger charge is -2.21. The topological polar surface area (TPSA) is 30.7 Å². The van der Waals surface area contributed by atoms with Crippen LogP contribution in [0.2, 0.25) is 0 Å². The van der Waals surface area contributed by atoms with Gasteiger partial charge in [0.25, 0.3) is 0 Å². The maximum Gasteiger partial charge on any atom is 0.165 e. The lowest BCUT2D eigenvalue weighted by molar-refractivity contribution is 0.661. The highest BCUT2D eigenvalue weighted by atomic mass is 15.1. The van der Waals surface area contributed by atoms with E-state index in [0.717, 1.165) is 39.1 Å². The summed E-state index contributed by atoms with van der Waals surface area (Å²) in [6.07, 6.45) is 0. The fourth-order valence-electron chi connectivity index (χ4n) is 6.42. The largest absolute Gasteiger partial charge is 0.292 e. The highest BCUT2D eigenvalue weighted by molar-refractivity contribution is 6.18. The Morgan fingerprint density at radius 3 is 2.11 bits per heavy atom. The Hall–Kier alpha value is -4.76. The van der Waals surface area contributed by atoms with Gasteiger partial charge in [-0.1, -0.05) is 105 Å². The molecule has 3 heteroatoms. The Labute approximate surface area is 221 Å². The molecular weight excluding hydrogens is 462 g/mol. The Morgan fingerprint density at radius 2 is 1.26 bits per heavy atom. The molecule has 38 heavy (non-hydrogen) atoms. The third-order valence-corrected chi connectivity index (χ3v) is 8.19. The first-order valence-electron chi connectivity index (χ1n) is 13.1. The van der Waals surface area contributed by atoms with E-state index in [-0.39, 0.29) is 5.41 Å². The molecule has 1 aliphatic carbocycles. The molecule has 180 valence electrons. The molecule has 0 radical (unpaired) electrons. The molecule has 3 nitrogen and oxygen atoms in total. The molecule has 8 rings (SSSR count). The molecule has 0 fully saturated rings. The fourth-order valence-corrected chi connectivity index (χ4v) is 6.42. The Morgan fingerprint density at radius 1 is 0.579 bits per heavy atom. The Kier molecular flexibility index (Phi) is 4.28. The highest BCUT2D eigenvalue weighted by Crippen LogP contribution is 2.53. The summed E-state index contributed by atoms with van der Waals surface area (Å²) in [5, 5.41) is 2.52. The monoisotopic (exact) mass is 487 g/mol. The van der Waals surface area contributed by atoms with Gasteiger partial charge < -0.3 is 0 Å². The first-order chi connectivity index (χ1) is 18.6. The molecule has 1 aliphatic rings. The molecule has 2 aromatic heterocycles. The standard InChI is InChI=1S/C35H25N3/c1-35(2)25-16-8-6-14-23(25)31-26(35)20-21-30-32(31)24-15-7-11-19-29(24)38(30)34-33(22-12-4-3-5-13-22)36-27-17-9-10-18-28(27)37-34/h3-21H,1-2H3. The molecule has 0 N–H and O–H groups in total. The third kappa shape index (κ3) is 2.79. The van der Waals surface area contributed by atoms with Gasteiger partial charge in [-0.05, 0) is 46.5 Å². The molecule has 0 amide bonds. The van der Waals surface area contributed by atoms with Crippen LogP contribution in [-0.4, -0.2) is 14.5 Å². The second-order valence-electron chi connectivity index (χ2n) is 10.7. The van der Waals surface area contributed by atoms with Gasteiger partial charge in [0.15, 0.2) is 5.82 Å². The van der Waals surface area contributed by atoms with E-state index in [1.165, 1.54) is 33.0 Å². The van der Waals surface area contributed by atoms with Crippen LogP contribution in [0.25, 0.3) is 61.0 Å². The predicted molar refractivity (Wildman–Crippen MR) is 157 cm³/mol. The van der Waals surface area contributed by atoms with Crippen molar-refractivity contribution >= 4 is 32.8 Å². The predicted octanol–water partition coefficient (Wildman–Crippen LogP) is 8.70. The normalized spacial score (nSPS) is 13.7. The number of benzene rings is 5. The molecule has 0 spiro atoms. The molecular formula is C35H25N3. The van der Waals surface area contributed by atoms with Gasteiger partial charge in [-0.2, -0.15) is 0 Å². The van der Waals surface area contributed by atoms with Gasteiger partial charge in [-0.3, -0.25) is 4.57 Å². The summed E-state index contributed by atoms with van der Waals surface area (Å²) in [6, 6.07) is 40.7. The second-order valence-corrected chi connectivity index (χ2v) is 10.7. The van der Waals surface area contributed by atoms with Crippen molar-refractivity contribution in [3.05, 3.63) is 126 Å². The van der Waals surface area contributed by atoms with Gasteiger partial charge in [0, 0.05) is 21.8 Å². The van der Waals surface area contributed by atoms with Crippen LogP contribution >= 0.6 is 0 Å². The molecule has 0 aliphatic heterocycles. The number of para-hydroxylation sites is 3. The summed E-state index contributed by atoms with van der Waals surface area (Å²) in [6.45, 7) is 4.68. The lowest BCUT2D eigenvalue weighted by Crippen LogP contribution is -2.14. The number of hydrogen-bond donors (Lipinski definition) is 0. The lowest BCUT2D eigenvalue weighted by atomic mass is 9.82. The third-order valence-electron chi connectivity index (χ3n) is 8.19. The van der Waals surface area contributed by atoms with Crippen molar-refractivity contribution < 1.29 is 0 Å². The summed E-state index contributed by atoms with van der Waals surface area (Å²) in [5.41, 5.74) is 11.4. The van der Waals surface area contributed by atoms with E-state index in [4.69, 9.17) is 9.97 Å². The van der Waals surface area contributed by atoms with Crippen molar-refractivity contribution in [2.45, 2.75) is 19.3 Å². The molecule has 7 aromatic rings. The Balaban J connectivity index is 1.56. The fraction of sp³-hybridized carbons (Fsp3) is 0.0857. The van der Waals surface area contributed by atoms with Crippen LogP contribution in [0.4, 0.5) is 0 Å². The molecule has 0 bridgehead atoms. The first-order valence-corrected chi connectivity index (χ1v) is 13.1. The minimum atomic E-state index is -0.0543. The summed E-state index contributed by atoms with van der Waals surface area (Å²) < 4.78 is 2.32. The van der Waals surface area contributed by atoms with E-state index in [1.54, 1.807) is 0 Å². The summed E-state index contributed by atoms with van der Waals surface area (Å²) in [5.74, 6) is 0.853. The van der Waals surface area contributed by atoms with Crippen molar-refractivity contribution in [1.29, 1.82) is 0 Å². The van der Waals surface area contributed by atoms with Gasteiger partial charge in [0.1, 0.15) is 5.69 Å². The van der Waals surface area contributed by atoms with Crippen LogP contribution in [0.5, 0.6) is 0 Å². The van der Waals surface area contributed by atoms with E-state index in [0.29, 0.717) is 0 Å². The van der Waals surface area contributed by atoms with Crippen molar-refractivity contribution in [3.63, 3.8) is 0 Å².